The standard InChI is InChI=1S/C21H34N4O3S2/c1-15-6-5-7-19(16(15)2)23-21(26)17(3)29-20-9-8-18(14-22-20)30(27,28)25-12-10-24(4)11-13-25/h8-9,14-17,19H,5-7,10-13H2,1-4H3,(H,23,26)/t15-,16+,17-,19+/m0/s1. The van der Waals surface area contributed by atoms with Crippen molar-refractivity contribution in [2.24, 2.45) is 11.8 Å². The number of amides is 1. The molecule has 1 aliphatic carbocycles. The fraction of sp³-hybridized carbons (Fsp3) is 0.714. The Hall–Kier alpha value is -1.16. The van der Waals surface area contributed by atoms with E-state index < -0.39 is 10.0 Å². The second kappa shape index (κ2) is 9.97. The molecule has 168 valence electrons. The van der Waals surface area contributed by atoms with Crippen molar-refractivity contribution < 1.29 is 13.2 Å². The van der Waals surface area contributed by atoms with Crippen molar-refractivity contribution >= 4 is 27.7 Å². The first kappa shape index (κ1) is 23.5. The van der Waals surface area contributed by atoms with Gasteiger partial charge in [0.1, 0.15) is 4.90 Å². The van der Waals surface area contributed by atoms with Crippen LogP contribution in [0, 0.1) is 11.8 Å². The van der Waals surface area contributed by atoms with E-state index in [9.17, 15) is 13.2 Å². The minimum Gasteiger partial charge on any atom is -0.352 e. The second-order valence-electron chi connectivity index (χ2n) is 8.68. The van der Waals surface area contributed by atoms with Crippen molar-refractivity contribution in [2.45, 2.75) is 61.2 Å². The smallest absolute Gasteiger partial charge is 0.244 e. The number of carbonyl (C=O) groups is 1. The molecule has 1 amide bonds. The molecule has 2 aliphatic rings. The molecule has 7 nitrogen and oxygen atoms in total. The Morgan fingerprint density at radius 3 is 2.53 bits per heavy atom. The Labute approximate surface area is 185 Å². The van der Waals surface area contributed by atoms with E-state index >= 15 is 0 Å². The molecule has 1 aromatic heterocycles. The molecule has 0 aromatic carbocycles. The average Bonchev–Trinajstić information content (AvgIpc) is 2.72. The molecule has 1 saturated heterocycles. The van der Waals surface area contributed by atoms with Gasteiger partial charge >= 0.3 is 0 Å². The van der Waals surface area contributed by atoms with Crippen LogP contribution in [0.3, 0.4) is 0 Å². The van der Waals surface area contributed by atoms with Crippen LogP contribution in [-0.2, 0) is 14.8 Å². The van der Waals surface area contributed by atoms with Gasteiger partial charge in [0.2, 0.25) is 15.9 Å². The van der Waals surface area contributed by atoms with Crippen molar-refractivity contribution in [3.05, 3.63) is 18.3 Å². The van der Waals surface area contributed by atoms with E-state index in [0.717, 1.165) is 25.9 Å². The van der Waals surface area contributed by atoms with Gasteiger partial charge in [0.05, 0.1) is 10.3 Å². The zero-order valence-electron chi connectivity index (χ0n) is 18.4. The van der Waals surface area contributed by atoms with E-state index in [1.165, 1.54) is 28.7 Å². The Morgan fingerprint density at radius 1 is 1.20 bits per heavy atom. The van der Waals surface area contributed by atoms with Crippen LogP contribution < -0.4 is 5.32 Å². The van der Waals surface area contributed by atoms with Gasteiger partial charge in [-0.3, -0.25) is 4.79 Å². The summed E-state index contributed by atoms with van der Waals surface area (Å²) in [5.41, 5.74) is 0. The summed E-state index contributed by atoms with van der Waals surface area (Å²) in [6, 6.07) is 3.52. The summed E-state index contributed by atoms with van der Waals surface area (Å²) in [4.78, 5) is 19.3. The number of aromatic nitrogens is 1. The molecule has 0 spiro atoms. The van der Waals surface area contributed by atoms with Crippen LogP contribution in [0.15, 0.2) is 28.3 Å². The highest BCUT2D eigenvalue weighted by molar-refractivity contribution is 8.00. The van der Waals surface area contributed by atoms with Gasteiger partial charge in [-0.2, -0.15) is 4.31 Å². The number of carbonyl (C=O) groups excluding carboxylic acids is 1. The predicted octanol–water partition coefficient (Wildman–Crippen LogP) is 2.44. The third-order valence-corrected chi connectivity index (χ3v) is 9.44. The molecule has 1 N–H and O–H groups in total. The fourth-order valence-electron chi connectivity index (χ4n) is 4.09. The lowest BCUT2D eigenvalue weighted by molar-refractivity contribution is -0.121. The third kappa shape index (κ3) is 5.55. The molecule has 2 heterocycles. The lowest BCUT2D eigenvalue weighted by Gasteiger charge is -2.35. The number of pyridine rings is 1. The number of piperazine rings is 1. The molecule has 3 rings (SSSR count). The van der Waals surface area contributed by atoms with Crippen LogP contribution in [-0.4, -0.2) is 73.0 Å². The molecular formula is C21H34N4O3S2. The maximum absolute atomic E-state index is 12.8. The quantitative estimate of drug-likeness (QED) is 0.665. The Balaban J connectivity index is 1.57. The number of rotatable bonds is 6. The molecule has 2 fully saturated rings. The molecular weight excluding hydrogens is 420 g/mol. The summed E-state index contributed by atoms with van der Waals surface area (Å²) < 4.78 is 27.1. The van der Waals surface area contributed by atoms with Crippen LogP contribution in [0.4, 0.5) is 0 Å². The number of likely N-dealkylation sites (N-methyl/N-ethyl adjacent to an activating group) is 1. The zero-order chi connectivity index (χ0) is 21.9. The van der Waals surface area contributed by atoms with E-state index in [1.54, 1.807) is 12.1 Å². The summed E-state index contributed by atoms with van der Waals surface area (Å²) in [6.07, 6.45) is 4.82. The van der Waals surface area contributed by atoms with Crippen LogP contribution in [0.5, 0.6) is 0 Å². The van der Waals surface area contributed by atoms with Gasteiger partial charge in [-0.05, 0) is 44.4 Å². The summed E-state index contributed by atoms with van der Waals surface area (Å²) in [7, 11) is -1.53. The van der Waals surface area contributed by atoms with E-state index in [2.05, 4.69) is 29.0 Å². The molecule has 1 saturated carbocycles. The molecule has 0 bridgehead atoms. The molecule has 0 unspecified atom stereocenters. The number of hydrogen-bond acceptors (Lipinski definition) is 6. The highest BCUT2D eigenvalue weighted by Crippen LogP contribution is 2.30. The van der Waals surface area contributed by atoms with Crippen molar-refractivity contribution in [3.8, 4) is 0 Å². The van der Waals surface area contributed by atoms with Crippen molar-refractivity contribution in [1.29, 1.82) is 0 Å². The SMILES string of the molecule is C[C@@H]1[C@@H](C)CCC[C@H]1NC(=O)[C@H](C)Sc1ccc(S(=O)(=O)N2CCN(C)CC2)cn1. The van der Waals surface area contributed by atoms with Crippen molar-refractivity contribution in [1.82, 2.24) is 19.5 Å². The van der Waals surface area contributed by atoms with Crippen LogP contribution in [0.1, 0.15) is 40.0 Å². The van der Waals surface area contributed by atoms with E-state index in [1.807, 2.05) is 14.0 Å². The number of sulfonamides is 1. The van der Waals surface area contributed by atoms with Crippen molar-refractivity contribution in [2.75, 3.05) is 33.2 Å². The van der Waals surface area contributed by atoms with Gasteiger partial charge in [0.15, 0.2) is 0 Å². The summed E-state index contributed by atoms with van der Waals surface area (Å²) in [5, 5.41) is 3.57. The van der Waals surface area contributed by atoms with Crippen molar-refractivity contribution in [3.63, 3.8) is 0 Å². The minimum absolute atomic E-state index is 0.0156. The maximum atomic E-state index is 12.8. The largest absolute Gasteiger partial charge is 0.352 e. The summed E-state index contributed by atoms with van der Waals surface area (Å²) in [6.45, 7) is 8.77. The third-order valence-electron chi connectivity index (χ3n) is 6.51. The summed E-state index contributed by atoms with van der Waals surface area (Å²) >= 11 is 1.36. The highest BCUT2D eigenvalue weighted by Gasteiger charge is 2.30. The Kier molecular flexibility index (Phi) is 7.81. The lowest BCUT2D eigenvalue weighted by Crippen LogP contribution is -2.47. The molecule has 30 heavy (non-hydrogen) atoms. The Bertz CT molecular complexity index is 823. The molecule has 4 atom stereocenters. The zero-order valence-corrected chi connectivity index (χ0v) is 20.0. The monoisotopic (exact) mass is 454 g/mol. The number of thioether (sulfide) groups is 1. The highest BCUT2D eigenvalue weighted by atomic mass is 32.2. The van der Waals surface area contributed by atoms with Gasteiger partial charge in [0.25, 0.3) is 0 Å². The van der Waals surface area contributed by atoms with Gasteiger partial charge in [-0.15, -0.1) is 0 Å². The molecule has 9 heteroatoms. The van der Waals surface area contributed by atoms with E-state index in [0.29, 0.717) is 30.0 Å². The first-order chi connectivity index (χ1) is 14.2. The number of hydrogen-bond donors (Lipinski definition) is 1. The first-order valence-corrected chi connectivity index (χ1v) is 13.1. The van der Waals surface area contributed by atoms with Gasteiger partial charge < -0.3 is 10.2 Å². The topological polar surface area (TPSA) is 82.6 Å². The van der Waals surface area contributed by atoms with Crippen LogP contribution in [0.25, 0.3) is 0 Å². The van der Waals surface area contributed by atoms with Crippen LogP contribution >= 0.6 is 11.8 Å². The lowest BCUT2D eigenvalue weighted by atomic mass is 9.78. The maximum Gasteiger partial charge on any atom is 0.244 e. The normalized spacial score (nSPS) is 27.5. The number of nitrogens with zero attached hydrogens (tertiary/aromatic N) is 3. The van der Waals surface area contributed by atoms with Gasteiger partial charge in [-0.1, -0.05) is 38.5 Å². The Morgan fingerprint density at radius 2 is 1.90 bits per heavy atom. The molecule has 0 radical (unpaired) electrons. The fourth-order valence-corrected chi connectivity index (χ4v) is 6.25. The molecule has 1 aliphatic heterocycles. The second-order valence-corrected chi connectivity index (χ2v) is 12.0. The average molecular weight is 455 g/mol. The van der Waals surface area contributed by atoms with Crippen LogP contribution in [0.2, 0.25) is 0 Å². The van der Waals surface area contributed by atoms with E-state index in [-0.39, 0.29) is 22.1 Å². The van der Waals surface area contributed by atoms with Gasteiger partial charge in [0, 0.05) is 38.4 Å². The predicted molar refractivity (Wildman–Crippen MR) is 120 cm³/mol. The molecule has 1 aromatic rings. The minimum atomic E-state index is -3.52. The first-order valence-electron chi connectivity index (χ1n) is 10.8. The number of nitrogens with one attached hydrogen (secondary N) is 1. The van der Waals surface area contributed by atoms with E-state index in [4.69, 9.17) is 0 Å². The van der Waals surface area contributed by atoms with Gasteiger partial charge in [-0.25, -0.2) is 13.4 Å². The summed E-state index contributed by atoms with van der Waals surface area (Å²) in [5.74, 6) is 1.13.